The van der Waals surface area contributed by atoms with E-state index in [0.29, 0.717) is 13.2 Å². The topological polar surface area (TPSA) is 42.4 Å². The van der Waals surface area contributed by atoms with Gasteiger partial charge in [0.25, 0.3) is 0 Å². The Hall–Kier alpha value is -1.10. The molecule has 4 nitrogen and oxygen atoms in total. The maximum atomic E-state index is 11.3. The first-order chi connectivity index (χ1) is 7.25. The second kappa shape index (κ2) is 4.61. The van der Waals surface area contributed by atoms with Crippen LogP contribution < -0.4 is 0 Å². The Morgan fingerprint density at radius 2 is 2.40 bits per heavy atom. The molecule has 2 heterocycles. The summed E-state index contributed by atoms with van der Waals surface area (Å²) in [6, 6.07) is 3.81. The maximum absolute atomic E-state index is 11.3. The molecule has 0 saturated carbocycles. The fraction of sp³-hybridized carbons (Fsp3) is 0.400. The van der Waals surface area contributed by atoms with Gasteiger partial charge in [-0.2, -0.15) is 0 Å². The molecule has 0 aliphatic carbocycles. The molecule has 1 aromatic rings. The molecular weight excluding hydrogens is 260 g/mol. The monoisotopic (exact) mass is 270 g/mol. The number of hydrogen-bond donors (Lipinski definition) is 0. The van der Waals surface area contributed by atoms with E-state index in [0.717, 1.165) is 23.1 Å². The lowest BCUT2D eigenvalue weighted by Gasteiger charge is -2.26. The van der Waals surface area contributed by atoms with Crippen molar-refractivity contribution in [2.24, 2.45) is 0 Å². The lowest BCUT2D eigenvalue weighted by atomic mass is 10.2. The van der Waals surface area contributed by atoms with Crippen LogP contribution in [-0.2, 0) is 11.3 Å². The van der Waals surface area contributed by atoms with Crippen LogP contribution in [0.2, 0.25) is 0 Å². The van der Waals surface area contributed by atoms with Crippen molar-refractivity contribution in [2.75, 3.05) is 13.2 Å². The van der Waals surface area contributed by atoms with Crippen LogP contribution in [0.1, 0.15) is 12.0 Å². The first kappa shape index (κ1) is 10.4. The highest BCUT2D eigenvalue weighted by Gasteiger charge is 2.19. The van der Waals surface area contributed by atoms with Crippen molar-refractivity contribution in [3.8, 4) is 0 Å². The minimum Gasteiger partial charge on any atom is -0.449 e. The molecule has 0 unspecified atom stereocenters. The number of carbonyl (C=O) groups excluding carboxylic acids is 1. The standard InChI is InChI=1S/C10H11BrN2O2/c11-9-3-2-8(6-12-9)7-13-4-1-5-15-10(13)14/h2-3,6H,1,4-5,7H2. The molecule has 1 saturated heterocycles. The van der Waals surface area contributed by atoms with Crippen LogP contribution in [0, 0.1) is 0 Å². The number of carbonyl (C=O) groups is 1. The highest BCUT2D eigenvalue weighted by Crippen LogP contribution is 2.12. The van der Waals surface area contributed by atoms with Crippen LogP contribution in [0.5, 0.6) is 0 Å². The van der Waals surface area contributed by atoms with Crippen molar-refractivity contribution in [2.45, 2.75) is 13.0 Å². The van der Waals surface area contributed by atoms with E-state index in [1.807, 2.05) is 12.1 Å². The smallest absolute Gasteiger partial charge is 0.410 e. The molecular formula is C10H11BrN2O2. The van der Waals surface area contributed by atoms with Crippen molar-refractivity contribution >= 4 is 22.0 Å². The molecule has 0 bridgehead atoms. The number of pyridine rings is 1. The predicted octanol–water partition coefficient (Wildman–Crippen LogP) is 2.19. The van der Waals surface area contributed by atoms with Gasteiger partial charge >= 0.3 is 6.09 Å². The van der Waals surface area contributed by atoms with E-state index >= 15 is 0 Å². The summed E-state index contributed by atoms with van der Waals surface area (Å²) in [4.78, 5) is 17.1. The Morgan fingerprint density at radius 3 is 3.07 bits per heavy atom. The summed E-state index contributed by atoms with van der Waals surface area (Å²) in [7, 11) is 0. The van der Waals surface area contributed by atoms with Crippen molar-refractivity contribution in [1.29, 1.82) is 0 Å². The normalized spacial score (nSPS) is 16.3. The molecule has 1 amide bonds. The number of halogens is 1. The van der Waals surface area contributed by atoms with Gasteiger partial charge in [0.2, 0.25) is 0 Å². The molecule has 15 heavy (non-hydrogen) atoms. The van der Waals surface area contributed by atoms with Crippen LogP contribution >= 0.6 is 15.9 Å². The highest BCUT2D eigenvalue weighted by molar-refractivity contribution is 9.10. The summed E-state index contributed by atoms with van der Waals surface area (Å²) in [5.41, 5.74) is 1.01. The van der Waals surface area contributed by atoms with Crippen LogP contribution in [0.25, 0.3) is 0 Å². The molecule has 1 aliphatic rings. The summed E-state index contributed by atoms with van der Waals surface area (Å²) in [5, 5.41) is 0. The Bertz CT molecular complexity index is 353. The van der Waals surface area contributed by atoms with E-state index in [9.17, 15) is 4.79 Å². The Labute approximate surface area is 96.4 Å². The summed E-state index contributed by atoms with van der Waals surface area (Å²) in [6.45, 7) is 1.86. The Kier molecular flexibility index (Phi) is 3.20. The molecule has 0 atom stereocenters. The van der Waals surface area contributed by atoms with Gasteiger partial charge in [0.15, 0.2) is 0 Å². The lowest BCUT2D eigenvalue weighted by Crippen LogP contribution is -2.37. The molecule has 0 aromatic carbocycles. The van der Waals surface area contributed by atoms with Gasteiger partial charge in [0.1, 0.15) is 4.60 Å². The minimum atomic E-state index is -0.232. The summed E-state index contributed by atoms with van der Waals surface area (Å²) in [5.74, 6) is 0. The molecule has 2 rings (SSSR count). The second-order valence-electron chi connectivity index (χ2n) is 3.38. The zero-order chi connectivity index (χ0) is 10.7. The first-order valence-electron chi connectivity index (χ1n) is 4.78. The molecule has 1 aromatic heterocycles. The van der Waals surface area contributed by atoms with Gasteiger partial charge in [0.05, 0.1) is 13.2 Å². The summed E-state index contributed by atoms with van der Waals surface area (Å²) < 4.78 is 5.74. The summed E-state index contributed by atoms with van der Waals surface area (Å²) >= 11 is 3.27. The van der Waals surface area contributed by atoms with E-state index in [1.54, 1.807) is 11.1 Å². The number of ether oxygens (including phenoxy) is 1. The molecule has 5 heteroatoms. The number of cyclic esters (lactones) is 1. The fourth-order valence-electron chi connectivity index (χ4n) is 1.46. The molecule has 1 aliphatic heterocycles. The van der Waals surface area contributed by atoms with Gasteiger partial charge in [-0.25, -0.2) is 9.78 Å². The number of aromatic nitrogens is 1. The summed E-state index contributed by atoms with van der Waals surface area (Å²) in [6.07, 6.45) is 2.42. The quantitative estimate of drug-likeness (QED) is 0.774. The van der Waals surface area contributed by atoms with Crippen molar-refractivity contribution in [1.82, 2.24) is 9.88 Å². The van der Waals surface area contributed by atoms with Crippen LogP contribution in [-0.4, -0.2) is 29.1 Å². The van der Waals surface area contributed by atoms with Crippen molar-refractivity contribution < 1.29 is 9.53 Å². The van der Waals surface area contributed by atoms with E-state index in [4.69, 9.17) is 4.74 Å². The highest BCUT2D eigenvalue weighted by atomic mass is 79.9. The number of nitrogens with zero attached hydrogens (tertiary/aromatic N) is 2. The maximum Gasteiger partial charge on any atom is 0.410 e. The number of amides is 1. The van der Waals surface area contributed by atoms with Crippen LogP contribution in [0.3, 0.4) is 0 Å². The van der Waals surface area contributed by atoms with Crippen LogP contribution in [0.15, 0.2) is 22.9 Å². The molecule has 80 valence electrons. The van der Waals surface area contributed by atoms with E-state index in [-0.39, 0.29) is 6.09 Å². The van der Waals surface area contributed by atoms with Gasteiger partial charge in [-0.1, -0.05) is 6.07 Å². The van der Waals surface area contributed by atoms with E-state index in [2.05, 4.69) is 20.9 Å². The second-order valence-corrected chi connectivity index (χ2v) is 4.19. The largest absolute Gasteiger partial charge is 0.449 e. The zero-order valence-electron chi connectivity index (χ0n) is 8.15. The fourth-order valence-corrected chi connectivity index (χ4v) is 1.70. The van der Waals surface area contributed by atoms with Gasteiger partial charge in [-0.05, 0) is 34.0 Å². The predicted molar refractivity (Wildman–Crippen MR) is 58.3 cm³/mol. The molecule has 0 N–H and O–H groups in total. The Balaban J connectivity index is 2.01. The zero-order valence-corrected chi connectivity index (χ0v) is 9.74. The molecule has 0 spiro atoms. The van der Waals surface area contributed by atoms with Crippen molar-refractivity contribution in [3.63, 3.8) is 0 Å². The van der Waals surface area contributed by atoms with Gasteiger partial charge in [0, 0.05) is 12.7 Å². The molecule has 1 fully saturated rings. The average molecular weight is 271 g/mol. The van der Waals surface area contributed by atoms with Gasteiger partial charge < -0.3 is 9.64 Å². The van der Waals surface area contributed by atoms with Crippen molar-refractivity contribution in [3.05, 3.63) is 28.5 Å². The Morgan fingerprint density at radius 1 is 1.53 bits per heavy atom. The third-order valence-corrected chi connectivity index (χ3v) is 2.69. The van der Waals surface area contributed by atoms with E-state index in [1.165, 1.54) is 0 Å². The third kappa shape index (κ3) is 2.68. The van der Waals surface area contributed by atoms with Gasteiger partial charge in [-0.3, -0.25) is 0 Å². The van der Waals surface area contributed by atoms with Gasteiger partial charge in [-0.15, -0.1) is 0 Å². The average Bonchev–Trinajstić information content (AvgIpc) is 2.25. The van der Waals surface area contributed by atoms with E-state index < -0.39 is 0 Å². The lowest BCUT2D eigenvalue weighted by molar-refractivity contribution is 0.0700. The van der Waals surface area contributed by atoms with Crippen LogP contribution in [0.4, 0.5) is 4.79 Å². The number of hydrogen-bond acceptors (Lipinski definition) is 3. The molecule has 0 radical (unpaired) electrons. The minimum absolute atomic E-state index is 0.232. The number of rotatable bonds is 2. The first-order valence-corrected chi connectivity index (χ1v) is 5.57. The SMILES string of the molecule is O=C1OCCCN1Cc1ccc(Br)nc1. The third-order valence-electron chi connectivity index (χ3n) is 2.22.